The molecule has 0 spiro atoms. The fourth-order valence-corrected chi connectivity index (χ4v) is 0. The third-order valence-corrected chi connectivity index (χ3v) is 0. The second-order valence-electron chi connectivity index (χ2n) is 0. The van der Waals surface area contributed by atoms with Gasteiger partial charge in [-0.3, -0.25) is 0 Å². The molecule has 0 atom stereocenters. The molecule has 33 valence electrons. The van der Waals surface area contributed by atoms with Crippen LogP contribution in [0.4, 0.5) is 0 Å². The van der Waals surface area contributed by atoms with Crippen molar-refractivity contribution in [2.24, 2.45) is 0 Å². The van der Waals surface area contributed by atoms with Crippen LogP contribution in [0.5, 0.6) is 0 Å². The van der Waals surface area contributed by atoms with Gasteiger partial charge in [-0.25, -0.2) is 0 Å². The van der Waals surface area contributed by atoms with Crippen LogP contribution in [0.25, 0.3) is 0 Å². The standard InChI is InChI=1S/Cu.Mo.2O.Sn/q;;2*-2;+4. The van der Waals surface area contributed by atoms with Crippen molar-refractivity contribution in [3.05, 3.63) is 0 Å². The van der Waals surface area contributed by atoms with Gasteiger partial charge >= 0.3 is 23.9 Å². The molecule has 0 aromatic heterocycles. The Hall–Kier alpha value is 1.93. The number of hydrogen-bond donors (Lipinski definition) is 0. The molecule has 0 rings (SSSR count). The number of rotatable bonds is 0. The van der Waals surface area contributed by atoms with Crippen LogP contribution in [-0.2, 0) is 49.1 Å². The average molecular weight is 310 g/mol. The SMILES string of the molecule is [Cu].[Mo].[O-2].[O-2].[Sn+4]. The third kappa shape index (κ3) is 24.6. The summed E-state index contributed by atoms with van der Waals surface area (Å²) in [5, 5.41) is 0. The Bertz CT molecular complexity index is 9.61. The normalized spacial score (nSPS) is 0. The maximum absolute atomic E-state index is 0. The van der Waals surface area contributed by atoms with E-state index >= 15 is 0 Å². The van der Waals surface area contributed by atoms with Gasteiger partial charge in [0.25, 0.3) is 0 Å². The molecule has 0 bridgehead atoms. The van der Waals surface area contributed by atoms with Gasteiger partial charge in [0.05, 0.1) is 0 Å². The fourth-order valence-electron chi connectivity index (χ4n) is 0. The van der Waals surface area contributed by atoms with E-state index in [1.807, 2.05) is 0 Å². The zero-order chi connectivity index (χ0) is 0. The molecule has 0 unspecified atom stereocenters. The van der Waals surface area contributed by atoms with Crippen LogP contribution in [-0.4, -0.2) is 23.9 Å². The summed E-state index contributed by atoms with van der Waals surface area (Å²) in [5.41, 5.74) is 0. The molecule has 0 aromatic carbocycles. The van der Waals surface area contributed by atoms with E-state index in [9.17, 15) is 0 Å². The summed E-state index contributed by atoms with van der Waals surface area (Å²) in [6.45, 7) is 0. The minimum Gasteiger partial charge on any atom is -2.00 e. The van der Waals surface area contributed by atoms with Gasteiger partial charge in [-0.05, 0) is 0 Å². The van der Waals surface area contributed by atoms with Crippen molar-refractivity contribution in [2.75, 3.05) is 0 Å². The van der Waals surface area contributed by atoms with Gasteiger partial charge in [-0.15, -0.1) is 0 Å². The molecule has 0 saturated carbocycles. The first-order chi connectivity index (χ1) is 0. The van der Waals surface area contributed by atoms with Gasteiger partial charge in [0, 0.05) is 38.1 Å². The molecule has 0 heterocycles. The van der Waals surface area contributed by atoms with Crippen LogP contribution in [0, 0.1) is 0 Å². The molecular weight excluding hydrogens is 310 g/mol. The fraction of sp³-hybridized carbons (Fsp3) is 0. The van der Waals surface area contributed by atoms with Crippen LogP contribution < -0.4 is 0 Å². The average Bonchev–Trinajstić information content (AvgIpc) is 0. The second kappa shape index (κ2) is 38.8. The monoisotopic (exact) mass is 313 g/mol. The first-order valence-electron chi connectivity index (χ1n) is 0. The van der Waals surface area contributed by atoms with Crippen LogP contribution in [0.1, 0.15) is 0 Å². The zero-order valence-corrected chi connectivity index (χ0v) is 7.83. The minimum absolute atomic E-state index is 0. The van der Waals surface area contributed by atoms with E-state index in [-0.39, 0.29) is 73.0 Å². The molecule has 0 fully saturated rings. The molecule has 2 nitrogen and oxygen atoms in total. The van der Waals surface area contributed by atoms with Gasteiger partial charge in [-0.2, -0.15) is 0 Å². The summed E-state index contributed by atoms with van der Waals surface area (Å²) in [4.78, 5) is 0. The summed E-state index contributed by atoms with van der Waals surface area (Å²) < 4.78 is 0. The van der Waals surface area contributed by atoms with Crippen LogP contribution in [0.2, 0.25) is 0 Å². The number of hydrogen-bond acceptors (Lipinski definition) is 0. The van der Waals surface area contributed by atoms with Crippen molar-refractivity contribution in [1.29, 1.82) is 0 Å². The van der Waals surface area contributed by atoms with E-state index in [4.69, 9.17) is 0 Å². The van der Waals surface area contributed by atoms with Gasteiger partial charge < -0.3 is 11.0 Å². The Morgan fingerprint density at radius 3 is 0.800 bits per heavy atom. The maximum atomic E-state index is 0. The van der Waals surface area contributed by atoms with E-state index in [1.165, 1.54) is 0 Å². The van der Waals surface area contributed by atoms with E-state index in [2.05, 4.69) is 0 Å². The first-order valence-corrected chi connectivity index (χ1v) is 0. The van der Waals surface area contributed by atoms with Gasteiger partial charge in [0.2, 0.25) is 0 Å². The van der Waals surface area contributed by atoms with Crippen LogP contribution >= 0.6 is 0 Å². The molecule has 0 amide bonds. The predicted molar refractivity (Wildman–Crippen MR) is 7.13 cm³/mol. The Balaban J connectivity index is 0. The maximum Gasteiger partial charge on any atom is 4.00 e. The van der Waals surface area contributed by atoms with Crippen molar-refractivity contribution in [1.82, 2.24) is 0 Å². The largest absolute Gasteiger partial charge is 4.00 e. The van der Waals surface area contributed by atoms with Crippen molar-refractivity contribution in [3.8, 4) is 0 Å². The summed E-state index contributed by atoms with van der Waals surface area (Å²) in [7, 11) is 0. The van der Waals surface area contributed by atoms with Crippen LogP contribution in [0.3, 0.4) is 0 Å². The zero-order valence-electron chi connectivity index (χ0n) is 2.03. The molecule has 0 aliphatic carbocycles. The van der Waals surface area contributed by atoms with Crippen molar-refractivity contribution < 1.29 is 49.1 Å². The van der Waals surface area contributed by atoms with Crippen molar-refractivity contribution >= 4 is 23.9 Å². The Morgan fingerprint density at radius 2 is 0.800 bits per heavy atom. The molecular formula is CuMoO2Sn. The second-order valence-corrected chi connectivity index (χ2v) is 0. The molecule has 5 heavy (non-hydrogen) atoms. The third-order valence-electron chi connectivity index (χ3n) is 0. The topological polar surface area (TPSA) is 57.0 Å². The molecule has 0 aliphatic rings. The summed E-state index contributed by atoms with van der Waals surface area (Å²) >= 11 is 0. The molecule has 0 saturated heterocycles. The van der Waals surface area contributed by atoms with E-state index in [0.29, 0.717) is 0 Å². The Kier molecular flexibility index (Phi) is 508. The summed E-state index contributed by atoms with van der Waals surface area (Å²) in [6, 6.07) is 0. The summed E-state index contributed by atoms with van der Waals surface area (Å²) in [6.07, 6.45) is 0. The Morgan fingerprint density at radius 1 is 0.800 bits per heavy atom. The molecule has 1 radical (unpaired) electrons. The molecule has 0 aliphatic heterocycles. The quantitative estimate of drug-likeness (QED) is 0.536. The first kappa shape index (κ1) is 65.6. The van der Waals surface area contributed by atoms with Crippen molar-refractivity contribution in [2.45, 2.75) is 0 Å². The minimum atomic E-state index is 0. The van der Waals surface area contributed by atoms with Crippen LogP contribution in [0.15, 0.2) is 0 Å². The Labute approximate surface area is 72.4 Å². The smallest absolute Gasteiger partial charge is 2.00 e. The summed E-state index contributed by atoms with van der Waals surface area (Å²) in [5.74, 6) is 0. The van der Waals surface area contributed by atoms with E-state index < -0.39 is 0 Å². The molecule has 0 N–H and O–H groups in total. The van der Waals surface area contributed by atoms with Crippen molar-refractivity contribution in [3.63, 3.8) is 0 Å². The van der Waals surface area contributed by atoms with Gasteiger partial charge in [-0.1, -0.05) is 0 Å². The van der Waals surface area contributed by atoms with Gasteiger partial charge in [0.1, 0.15) is 0 Å². The van der Waals surface area contributed by atoms with E-state index in [1.54, 1.807) is 0 Å². The van der Waals surface area contributed by atoms with Gasteiger partial charge in [0.15, 0.2) is 0 Å². The predicted octanol–water partition coefficient (Wildman–Crippen LogP) is -0.623. The molecule has 5 heteroatoms. The molecule has 0 aromatic rings. The van der Waals surface area contributed by atoms with E-state index in [0.717, 1.165) is 0 Å².